The maximum atomic E-state index is 14.7. The van der Waals surface area contributed by atoms with Gasteiger partial charge in [-0.15, -0.1) is 0 Å². The van der Waals surface area contributed by atoms with Gasteiger partial charge in [0, 0.05) is 37.9 Å². The van der Waals surface area contributed by atoms with Crippen molar-refractivity contribution < 1.29 is 44.6 Å². The summed E-state index contributed by atoms with van der Waals surface area (Å²) in [7, 11) is 3.35. The fraction of sp³-hybridized carbons (Fsp3) is 0.174. The Labute approximate surface area is 392 Å². The van der Waals surface area contributed by atoms with Gasteiger partial charge >= 0.3 is 0 Å². The molecule has 0 radical (unpaired) electrons. The van der Waals surface area contributed by atoms with E-state index in [1.54, 1.807) is 76.0 Å². The van der Waals surface area contributed by atoms with Gasteiger partial charge in [0.05, 0.1) is 59.9 Å². The van der Waals surface area contributed by atoms with Crippen molar-refractivity contribution in [3.05, 3.63) is 172 Å². The first kappa shape index (κ1) is 47.5. The lowest BCUT2D eigenvalue weighted by molar-refractivity contribution is 0.264. The monoisotopic (exact) mass is 976 g/mol. The first-order valence-electron chi connectivity index (χ1n) is 20.5. The van der Waals surface area contributed by atoms with E-state index < -0.39 is 52.8 Å². The molecule has 14 nitrogen and oxygen atoms in total. The van der Waals surface area contributed by atoms with Crippen molar-refractivity contribution in [3.8, 4) is 22.9 Å². The summed E-state index contributed by atoms with van der Waals surface area (Å²) in [4.78, 5) is 27.9. The summed E-state index contributed by atoms with van der Waals surface area (Å²) >= 11 is 5.73. The largest absolute Gasteiger partial charge is 0.486 e. The SMILES string of the molecule is CN1c2nc(Cl)ncc2OCC1c1cc(F)c(F)c(F)c1.Cc1cn(-c2ccc(N)cc2F)cn1.Cc1cn(-c2ccc(Nc3ncc4c(n3)N(C)C(c3cc(F)c(F)c(F)c3)CO4)cc2F)cn1. The summed E-state index contributed by atoms with van der Waals surface area (Å²) in [6.07, 6.45) is 9.44. The summed E-state index contributed by atoms with van der Waals surface area (Å²) in [5, 5.41) is 2.97. The number of nitrogens with zero attached hydrogens (tertiary/aromatic N) is 10. The molecule has 2 atom stereocenters. The van der Waals surface area contributed by atoms with Gasteiger partial charge < -0.3 is 39.5 Å². The van der Waals surface area contributed by atoms with Crippen molar-refractivity contribution in [2.45, 2.75) is 25.9 Å². The first-order chi connectivity index (χ1) is 32.9. The van der Waals surface area contributed by atoms with Crippen molar-refractivity contribution >= 4 is 40.6 Å². The standard InChI is InChI=1S/C23H18F4N6O.C13H9ClF3N3O.C10H10FN3/c1-12-9-33(11-29-12)18-4-3-14(7-15(18)24)30-23-28-8-20-22(31-23)32(2)19(10-34-20)13-5-16(25)21(27)17(26)6-13;1-20-9(6-2-7(15)11(17)8(16)3-6)5-21-10-4-18-13(14)19-12(10)20;1-7-5-14(6-13-7)10-3-2-8(12)4-9(10)11/h3-9,11,19H,10H2,1-2H3,(H,28,30,31);2-4,9H,5H2,1H3;2-6H,12H2,1H3. The Kier molecular flexibility index (Phi) is 13.5. The van der Waals surface area contributed by atoms with Gasteiger partial charge in [0.15, 0.2) is 58.0 Å². The van der Waals surface area contributed by atoms with Crippen LogP contribution in [0.2, 0.25) is 5.28 Å². The fourth-order valence-corrected chi connectivity index (χ4v) is 7.39. The highest BCUT2D eigenvalue weighted by Crippen LogP contribution is 2.39. The molecule has 6 heterocycles. The number of likely N-dealkylation sites (N-methyl/N-ethyl adjacent to an activating group) is 2. The topological polar surface area (TPSA) is 150 Å². The van der Waals surface area contributed by atoms with Gasteiger partial charge in [-0.05, 0) is 97.2 Å². The number of rotatable bonds is 6. The number of hydrogen-bond acceptors (Lipinski definition) is 12. The Morgan fingerprint density at radius 3 is 1.52 bits per heavy atom. The highest BCUT2D eigenvalue weighted by atomic mass is 35.5. The second-order valence-electron chi connectivity index (χ2n) is 15.5. The summed E-state index contributed by atoms with van der Waals surface area (Å²) < 4.78 is 123. The van der Waals surface area contributed by atoms with Gasteiger partial charge in [0.2, 0.25) is 11.2 Å². The molecule has 0 aliphatic carbocycles. The number of ether oxygens (including phenoxy) is 2. The number of fused-ring (bicyclic) bond motifs is 2. The Morgan fingerprint density at radius 1 is 0.594 bits per heavy atom. The quantitative estimate of drug-likeness (QED) is 0.0707. The van der Waals surface area contributed by atoms with Gasteiger partial charge in [-0.25, -0.2) is 55.1 Å². The Morgan fingerprint density at radius 2 is 1.06 bits per heavy atom. The summed E-state index contributed by atoms with van der Waals surface area (Å²) in [6.45, 7) is 3.85. The maximum absolute atomic E-state index is 14.7. The average Bonchev–Trinajstić information content (AvgIpc) is 3.95. The number of aromatic nitrogens is 8. The smallest absolute Gasteiger partial charge is 0.229 e. The molecule has 2 aliphatic rings. The van der Waals surface area contributed by atoms with E-state index in [1.807, 2.05) is 13.8 Å². The molecule has 3 N–H and O–H groups in total. The van der Waals surface area contributed by atoms with Gasteiger partial charge in [-0.3, -0.25) is 0 Å². The van der Waals surface area contributed by atoms with Crippen molar-refractivity contribution in [2.75, 3.05) is 48.2 Å². The van der Waals surface area contributed by atoms with Crippen LogP contribution in [-0.4, -0.2) is 66.3 Å². The number of benzene rings is 4. The zero-order valence-corrected chi connectivity index (χ0v) is 37.3. The molecule has 10 rings (SSSR count). The van der Waals surface area contributed by atoms with E-state index in [0.29, 0.717) is 45.9 Å². The molecule has 0 amide bonds. The highest BCUT2D eigenvalue weighted by molar-refractivity contribution is 6.28. The van der Waals surface area contributed by atoms with E-state index in [1.165, 1.54) is 30.9 Å². The third-order valence-corrected chi connectivity index (χ3v) is 11.0. The molecule has 2 aliphatic heterocycles. The van der Waals surface area contributed by atoms with Gasteiger partial charge in [-0.1, -0.05) is 0 Å². The van der Waals surface area contributed by atoms with E-state index in [2.05, 4.69) is 35.2 Å². The third-order valence-electron chi connectivity index (χ3n) is 10.8. The van der Waals surface area contributed by atoms with E-state index in [4.69, 9.17) is 26.8 Å². The van der Waals surface area contributed by atoms with Crippen LogP contribution in [0.15, 0.2) is 98.1 Å². The van der Waals surface area contributed by atoms with Crippen LogP contribution >= 0.6 is 11.6 Å². The van der Waals surface area contributed by atoms with Crippen LogP contribution in [0, 0.1) is 60.4 Å². The summed E-state index contributed by atoms with van der Waals surface area (Å²) in [5.74, 6) is -7.20. The molecule has 2 unspecified atom stereocenters. The van der Waals surface area contributed by atoms with Gasteiger partial charge in [0.25, 0.3) is 0 Å². The van der Waals surface area contributed by atoms with E-state index in [-0.39, 0.29) is 41.4 Å². The van der Waals surface area contributed by atoms with Crippen LogP contribution in [0.4, 0.5) is 64.1 Å². The minimum atomic E-state index is -1.53. The molecular weight excluding hydrogens is 940 g/mol. The first-order valence-corrected chi connectivity index (χ1v) is 20.8. The maximum Gasteiger partial charge on any atom is 0.229 e. The number of aryl methyl sites for hydroxylation is 2. The molecule has 0 saturated heterocycles. The fourth-order valence-electron chi connectivity index (χ4n) is 7.26. The molecule has 69 heavy (non-hydrogen) atoms. The van der Waals surface area contributed by atoms with Crippen LogP contribution in [0.1, 0.15) is 34.6 Å². The number of nitrogens with two attached hydrogens (primary N) is 1. The number of imidazole rings is 2. The minimum absolute atomic E-state index is 0.0290. The minimum Gasteiger partial charge on any atom is -0.486 e. The molecule has 356 valence electrons. The third kappa shape index (κ3) is 10.3. The van der Waals surface area contributed by atoms with Crippen molar-refractivity contribution in [2.24, 2.45) is 0 Å². The zero-order valence-electron chi connectivity index (χ0n) is 36.6. The summed E-state index contributed by atoms with van der Waals surface area (Å²) in [5.41, 5.74) is 9.13. The van der Waals surface area contributed by atoms with Crippen LogP contribution in [0.3, 0.4) is 0 Å². The van der Waals surface area contributed by atoms with Gasteiger partial charge in [0.1, 0.15) is 24.8 Å². The Hall–Kier alpha value is -8.01. The van der Waals surface area contributed by atoms with E-state index in [9.17, 15) is 35.1 Å². The summed E-state index contributed by atoms with van der Waals surface area (Å²) in [6, 6.07) is 11.8. The second-order valence-corrected chi connectivity index (χ2v) is 15.9. The van der Waals surface area contributed by atoms with Crippen LogP contribution in [-0.2, 0) is 0 Å². The lowest BCUT2D eigenvalue weighted by Crippen LogP contribution is -2.34. The Balaban J connectivity index is 0.000000155. The molecular formula is C46H37ClF8N12O2. The molecule has 8 aromatic rings. The average molecular weight is 977 g/mol. The molecule has 0 spiro atoms. The second kappa shape index (κ2) is 19.7. The van der Waals surface area contributed by atoms with Gasteiger partial charge in [-0.2, -0.15) is 9.97 Å². The normalized spacial score (nSPS) is 14.9. The van der Waals surface area contributed by atoms with Crippen LogP contribution < -0.4 is 30.3 Å². The predicted octanol–water partition coefficient (Wildman–Crippen LogP) is 9.86. The number of hydrogen-bond donors (Lipinski definition) is 2. The van der Waals surface area contributed by atoms with Crippen molar-refractivity contribution in [3.63, 3.8) is 0 Å². The number of halogens is 9. The van der Waals surface area contributed by atoms with E-state index in [0.717, 1.165) is 35.7 Å². The molecule has 4 aromatic heterocycles. The molecule has 4 aromatic carbocycles. The molecule has 0 fully saturated rings. The predicted molar refractivity (Wildman–Crippen MR) is 239 cm³/mol. The van der Waals surface area contributed by atoms with Crippen molar-refractivity contribution in [1.29, 1.82) is 0 Å². The molecule has 0 bridgehead atoms. The Bertz CT molecular complexity index is 3150. The van der Waals surface area contributed by atoms with E-state index >= 15 is 0 Å². The van der Waals surface area contributed by atoms with Crippen LogP contribution in [0.5, 0.6) is 11.5 Å². The zero-order chi connectivity index (χ0) is 49.3. The molecule has 23 heteroatoms. The van der Waals surface area contributed by atoms with Crippen LogP contribution in [0.25, 0.3) is 11.4 Å². The number of nitrogens with one attached hydrogen (secondary N) is 1. The number of anilines is 5. The lowest BCUT2D eigenvalue weighted by atomic mass is 10.0. The lowest BCUT2D eigenvalue weighted by Gasteiger charge is -2.35. The highest BCUT2D eigenvalue weighted by Gasteiger charge is 2.31. The van der Waals surface area contributed by atoms with Crippen molar-refractivity contribution in [1.82, 2.24) is 39.0 Å². The molecule has 0 saturated carbocycles. The number of nitrogen functional groups attached to an aromatic ring is 1.